The zero-order valence-corrected chi connectivity index (χ0v) is 10.3. The van der Waals surface area contributed by atoms with Crippen molar-refractivity contribution >= 4 is 0 Å². The van der Waals surface area contributed by atoms with Crippen molar-refractivity contribution in [2.24, 2.45) is 0 Å². The van der Waals surface area contributed by atoms with Crippen LogP contribution in [-0.4, -0.2) is 24.8 Å². The lowest BCUT2D eigenvalue weighted by atomic mass is 9.89. The number of hydrogen-bond acceptors (Lipinski definition) is 2. The minimum atomic E-state index is 0.213. The van der Waals surface area contributed by atoms with Gasteiger partial charge >= 0.3 is 0 Å². The molecule has 1 aromatic carbocycles. The Morgan fingerprint density at radius 3 is 2.65 bits per heavy atom. The van der Waals surface area contributed by atoms with Crippen molar-refractivity contribution in [3.8, 4) is 0 Å². The highest BCUT2D eigenvalue weighted by Gasteiger charge is 2.40. The van der Waals surface area contributed by atoms with Gasteiger partial charge in [-0.15, -0.1) is 0 Å². The van der Waals surface area contributed by atoms with Crippen molar-refractivity contribution in [3.05, 3.63) is 35.9 Å². The summed E-state index contributed by atoms with van der Waals surface area (Å²) in [6.45, 7) is 2.25. The second kappa shape index (κ2) is 4.79. The molecule has 0 aliphatic carbocycles. The second-order valence-electron chi connectivity index (χ2n) is 5.40. The van der Waals surface area contributed by atoms with Crippen LogP contribution in [0.4, 0.5) is 0 Å². The van der Waals surface area contributed by atoms with E-state index in [0.717, 1.165) is 19.5 Å². The predicted octanol–water partition coefficient (Wildman–Crippen LogP) is 2.53. The molecule has 0 bridgehead atoms. The first-order valence-electron chi connectivity index (χ1n) is 6.79. The first kappa shape index (κ1) is 11.2. The average Bonchev–Trinajstić information content (AvgIpc) is 2.74. The van der Waals surface area contributed by atoms with Gasteiger partial charge in [-0.1, -0.05) is 30.3 Å². The number of rotatable bonds is 2. The fourth-order valence-electron chi connectivity index (χ4n) is 3.17. The molecule has 0 saturated carbocycles. The van der Waals surface area contributed by atoms with E-state index in [4.69, 9.17) is 4.74 Å². The van der Waals surface area contributed by atoms with E-state index >= 15 is 0 Å². The Balaban J connectivity index is 1.60. The molecule has 0 aromatic heterocycles. The summed E-state index contributed by atoms with van der Waals surface area (Å²) in [5.41, 5.74) is 1.62. The minimum absolute atomic E-state index is 0.213. The fourth-order valence-corrected chi connectivity index (χ4v) is 3.17. The predicted molar refractivity (Wildman–Crippen MR) is 69.1 cm³/mol. The molecule has 0 radical (unpaired) electrons. The molecule has 2 aliphatic heterocycles. The fraction of sp³-hybridized carbons (Fsp3) is 0.600. The molecule has 92 valence electrons. The SMILES string of the molecule is c1ccc(CC2CCC3(CCNCC3)O2)cc1. The first-order chi connectivity index (χ1) is 8.36. The van der Waals surface area contributed by atoms with E-state index in [1.54, 1.807) is 0 Å². The Morgan fingerprint density at radius 2 is 1.88 bits per heavy atom. The van der Waals surface area contributed by atoms with Gasteiger partial charge in [-0.2, -0.15) is 0 Å². The van der Waals surface area contributed by atoms with Crippen LogP contribution in [0.3, 0.4) is 0 Å². The molecule has 2 heterocycles. The lowest BCUT2D eigenvalue weighted by Gasteiger charge is -2.33. The lowest BCUT2D eigenvalue weighted by Crippen LogP contribution is -2.42. The van der Waals surface area contributed by atoms with Crippen LogP contribution in [-0.2, 0) is 11.2 Å². The summed E-state index contributed by atoms with van der Waals surface area (Å²) in [6.07, 6.45) is 6.39. The van der Waals surface area contributed by atoms with Gasteiger partial charge in [0.1, 0.15) is 0 Å². The number of piperidine rings is 1. The molecule has 1 atom stereocenters. The molecule has 1 unspecified atom stereocenters. The molecule has 17 heavy (non-hydrogen) atoms. The van der Waals surface area contributed by atoms with Gasteiger partial charge < -0.3 is 10.1 Å². The van der Waals surface area contributed by atoms with Crippen molar-refractivity contribution < 1.29 is 4.74 Å². The monoisotopic (exact) mass is 231 g/mol. The van der Waals surface area contributed by atoms with Crippen molar-refractivity contribution in [1.82, 2.24) is 5.32 Å². The number of benzene rings is 1. The van der Waals surface area contributed by atoms with Gasteiger partial charge in [0.05, 0.1) is 11.7 Å². The Bertz CT molecular complexity index is 356. The van der Waals surface area contributed by atoms with Crippen LogP contribution in [0.1, 0.15) is 31.2 Å². The summed E-state index contributed by atoms with van der Waals surface area (Å²) in [5.74, 6) is 0. The van der Waals surface area contributed by atoms with Crippen molar-refractivity contribution in [1.29, 1.82) is 0 Å². The van der Waals surface area contributed by atoms with Crippen molar-refractivity contribution in [3.63, 3.8) is 0 Å². The third-order valence-corrected chi connectivity index (χ3v) is 4.16. The van der Waals surface area contributed by atoms with E-state index in [2.05, 4.69) is 35.6 Å². The summed E-state index contributed by atoms with van der Waals surface area (Å²) < 4.78 is 6.35. The maximum Gasteiger partial charge on any atom is 0.0711 e. The molecule has 2 saturated heterocycles. The van der Waals surface area contributed by atoms with Gasteiger partial charge in [0, 0.05) is 0 Å². The minimum Gasteiger partial charge on any atom is -0.371 e. The van der Waals surface area contributed by atoms with Crippen molar-refractivity contribution in [2.75, 3.05) is 13.1 Å². The van der Waals surface area contributed by atoms with E-state index in [1.807, 2.05) is 0 Å². The van der Waals surface area contributed by atoms with Crippen LogP contribution in [0.2, 0.25) is 0 Å². The smallest absolute Gasteiger partial charge is 0.0711 e. The van der Waals surface area contributed by atoms with Gasteiger partial charge in [0.2, 0.25) is 0 Å². The Morgan fingerprint density at radius 1 is 1.12 bits per heavy atom. The molecule has 1 N–H and O–H groups in total. The van der Waals surface area contributed by atoms with Crippen LogP contribution in [0.25, 0.3) is 0 Å². The number of nitrogens with one attached hydrogen (secondary N) is 1. The molecule has 1 aromatic rings. The maximum atomic E-state index is 6.35. The highest BCUT2D eigenvalue weighted by Crippen LogP contribution is 2.38. The standard InChI is InChI=1S/C15H21NO/c1-2-4-13(5-3-1)12-14-6-7-15(17-14)8-10-16-11-9-15/h1-5,14,16H,6-12H2. The van der Waals surface area contributed by atoms with Gasteiger partial charge in [0.25, 0.3) is 0 Å². The molecular formula is C15H21NO. The normalized spacial score (nSPS) is 27.4. The highest BCUT2D eigenvalue weighted by molar-refractivity contribution is 5.16. The third kappa shape index (κ3) is 2.53. The van der Waals surface area contributed by atoms with Gasteiger partial charge in [-0.3, -0.25) is 0 Å². The molecule has 2 nitrogen and oxygen atoms in total. The van der Waals surface area contributed by atoms with Gasteiger partial charge in [-0.05, 0) is 50.8 Å². The Labute approximate surface area is 103 Å². The molecule has 2 heteroatoms. The summed E-state index contributed by atoms with van der Waals surface area (Å²) in [5, 5.41) is 3.42. The molecule has 3 rings (SSSR count). The zero-order chi connectivity index (χ0) is 11.6. The maximum absolute atomic E-state index is 6.35. The first-order valence-corrected chi connectivity index (χ1v) is 6.79. The van der Waals surface area contributed by atoms with Crippen LogP contribution in [0.5, 0.6) is 0 Å². The van der Waals surface area contributed by atoms with Gasteiger partial charge in [-0.25, -0.2) is 0 Å². The molecule has 2 aliphatic rings. The number of ether oxygens (including phenoxy) is 1. The zero-order valence-electron chi connectivity index (χ0n) is 10.3. The van der Waals surface area contributed by atoms with E-state index in [1.165, 1.54) is 31.2 Å². The summed E-state index contributed by atoms with van der Waals surface area (Å²) in [6, 6.07) is 10.7. The van der Waals surface area contributed by atoms with Crippen LogP contribution >= 0.6 is 0 Å². The largest absolute Gasteiger partial charge is 0.371 e. The van der Waals surface area contributed by atoms with Crippen molar-refractivity contribution in [2.45, 2.75) is 43.8 Å². The van der Waals surface area contributed by atoms with Crippen LogP contribution < -0.4 is 5.32 Å². The number of hydrogen-bond donors (Lipinski definition) is 1. The molecule has 2 fully saturated rings. The van der Waals surface area contributed by atoms with E-state index < -0.39 is 0 Å². The second-order valence-corrected chi connectivity index (χ2v) is 5.40. The Kier molecular flexibility index (Phi) is 3.17. The average molecular weight is 231 g/mol. The van der Waals surface area contributed by atoms with E-state index in [9.17, 15) is 0 Å². The van der Waals surface area contributed by atoms with Gasteiger partial charge in [0.15, 0.2) is 0 Å². The quantitative estimate of drug-likeness (QED) is 0.844. The van der Waals surface area contributed by atoms with E-state index in [0.29, 0.717) is 6.10 Å². The Hall–Kier alpha value is -0.860. The summed E-state index contributed by atoms with van der Waals surface area (Å²) >= 11 is 0. The van der Waals surface area contributed by atoms with E-state index in [-0.39, 0.29) is 5.60 Å². The summed E-state index contributed by atoms with van der Waals surface area (Å²) in [4.78, 5) is 0. The molecule has 1 spiro atoms. The topological polar surface area (TPSA) is 21.3 Å². The summed E-state index contributed by atoms with van der Waals surface area (Å²) in [7, 11) is 0. The molecule has 0 amide bonds. The highest BCUT2D eigenvalue weighted by atomic mass is 16.5. The van der Waals surface area contributed by atoms with Crippen LogP contribution in [0, 0.1) is 0 Å². The van der Waals surface area contributed by atoms with Crippen LogP contribution in [0.15, 0.2) is 30.3 Å². The lowest BCUT2D eigenvalue weighted by molar-refractivity contribution is -0.0586. The molecular weight excluding hydrogens is 210 g/mol. The third-order valence-electron chi connectivity index (χ3n) is 4.16.